The van der Waals surface area contributed by atoms with Gasteiger partial charge >= 0.3 is 0 Å². The molecule has 3 heteroatoms. The molecule has 4 rings (SSSR count). The topological polar surface area (TPSA) is 31.9 Å². The Kier molecular flexibility index (Phi) is 4.81. The Morgan fingerprint density at radius 3 is 2.33 bits per heavy atom. The van der Waals surface area contributed by atoms with E-state index in [-0.39, 0.29) is 0 Å². The molecule has 0 bridgehead atoms. The number of hydrogen-bond donors (Lipinski definition) is 1. The maximum Gasteiger partial charge on any atom is 0.0501 e. The summed E-state index contributed by atoms with van der Waals surface area (Å²) in [5, 5.41) is 1.39. The van der Waals surface area contributed by atoms with Crippen molar-refractivity contribution in [3.8, 4) is 11.3 Å². The highest BCUT2D eigenvalue weighted by atomic mass is 15.1. The molecule has 1 saturated heterocycles. The maximum absolute atomic E-state index is 4.55. The van der Waals surface area contributed by atoms with Gasteiger partial charge in [0.05, 0.1) is 5.69 Å². The fourth-order valence-corrected chi connectivity index (χ4v) is 4.63. The molecule has 3 heterocycles. The van der Waals surface area contributed by atoms with E-state index in [2.05, 4.69) is 79.9 Å². The van der Waals surface area contributed by atoms with Crippen LogP contribution in [0.4, 0.5) is 0 Å². The summed E-state index contributed by atoms with van der Waals surface area (Å²) < 4.78 is 0. The average molecular weight is 362 g/mol. The van der Waals surface area contributed by atoms with Crippen LogP contribution in [0.2, 0.25) is 0 Å². The molecule has 27 heavy (non-hydrogen) atoms. The molecule has 1 aliphatic rings. The molecule has 0 radical (unpaired) electrons. The number of rotatable bonds is 3. The van der Waals surface area contributed by atoms with Gasteiger partial charge in [-0.15, -0.1) is 0 Å². The van der Waals surface area contributed by atoms with E-state index in [9.17, 15) is 0 Å². The number of hydrogen-bond acceptors (Lipinski definition) is 2. The van der Waals surface area contributed by atoms with Crippen LogP contribution in [0.15, 0.2) is 30.3 Å². The van der Waals surface area contributed by atoms with Gasteiger partial charge in [0.2, 0.25) is 0 Å². The first kappa shape index (κ1) is 18.2. The molecule has 0 unspecified atom stereocenters. The quantitative estimate of drug-likeness (QED) is 0.641. The van der Waals surface area contributed by atoms with Crippen molar-refractivity contribution in [3.05, 3.63) is 52.8 Å². The summed E-state index contributed by atoms with van der Waals surface area (Å²) in [6.45, 7) is 11.2. The van der Waals surface area contributed by atoms with Crippen LogP contribution >= 0.6 is 0 Å². The fourth-order valence-electron chi connectivity index (χ4n) is 4.63. The van der Waals surface area contributed by atoms with Gasteiger partial charge in [0, 0.05) is 27.9 Å². The number of aromatic nitrogens is 2. The van der Waals surface area contributed by atoms with E-state index >= 15 is 0 Å². The summed E-state index contributed by atoms with van der Waals surface area (Å²) in [7, 11) is 2.23. The molecule has 3 nitrogen and oxygen atoms in total. The summed E-state index contributed by atoms with van der Waals surface area (Å²) in [6, 6.07) is 11.5. The Hall–Kier alpha value is -2.13. The number of H-pyrrole nitrogens is 1. The average Bonchev–Trinajstić information content (AvgIpc) is 3.00. The first-order chi connectivity index (χ1) is 12.9. The van der Waals surface area contributed by atoms with E-state index in [1.54, 1.807) is 0 Å². The van der Waals surface area contributed by atoms with Gasteiger partial charge in [-0.2, -0.15) is 0 Å². The zero-order valence-corrected chi connectivity index (χ0v) is 17.3. The van der Waals surface area contributed by atoms with E-state index in [4.69, 9.17) is 0 Å². The number of pyridine rings is 1. The monoisotopic (exact) mass is 361 g/mol. The molecule has 1 aromatic carbocycles. The second kappa shape index (κ2) is 7.12. The van der Waals surface area contributed by atoms with Crippen LogP contribution in [0.25, 0.3) is 22.2 Å². The Morgan fingerprint density at radius 1 is 1.04 bits per heavy atom. The lowest BCUT2D eigenvalue weighted by molar-refractivity contribution is 0.255. The van der Waals surface area contributed by atoms with E-state index in [0.29, 0.717) is 11.8 Å². The number of aryl methyl sites for hydroxylation is 2. The first-order valence-corrected chi connectivity index (χ1v) is 10.2. The number of aromatic amines is 1. The summed E-state index contributed by atoms with van der Waals surface area (Å²) in [5.74, 6) is 1.16. The normalized spacial score (nSPS) is 16.5. The summed E-state index contributed by atoms with van der Waals surface area (Å²) in [5.41, 5.74) is 8.85. The van der Waals surface area contributed by atoms with Crippen molar-refractivity contribution in [2.24, 2.45) is 0 Å². The third-order valence-corrected chi connectivity index (χ3v) is 6.00. The molecule has 0 atom stereocenters. The number of nitrogens with zero attached hydrogens (tertiary/aromatic N) is 2. The standard InChI is InChI=1S/C24H31N3/c1-15(2)23-21-14-19(18-8-10-27(5)11-9-18)6-7-22(21)26-24(23)20-12-16(3)25-17(4)13-20/h6-7,12-15,18,26H,8-11H2,1-5H3. The van der Waals surface area contributed by atoms with Crippen molar-refractivity contribution in [2.45, 2.75) is 52.4 Å². The Bertz CT molecular complexity index is 939. The third kappa shape index (κ3) is 3.53. The molecule has 1 N–H and O–H groups in total. The largest absolute Gasteiger partial charge is 0.354 e. The van der Waals surface area contributed by atoms with Crippen LogP contribution in [0.5, 0.6) is 0 Å². The van der Waals surface area contributed by atoms with Gasteiger partial charge in [0.15, 0.2) is 0 Å². The minimum atomic E-state index is 0.468. The molecule has 1 fully saturated rings. The Balaban J connectivity index is 1.83. The highest BCUT2D eigenvalue weighted by Gasteiger charge is 2.21. The number of nitrogens with one attached hydrogen (secondary N) is 1. The van der Waals surface area contributed by atoms with Crippen LogP contribution < -0.4 is 0 Å². The van der Waals surface area contributed by atoms with E-state index < -0.39 is 0 Å². The predicted octanol–water partition coefficient (Wildman–Crippen LogP) is 5.78. The third-order valence-electron chi connectivity index (χ3n) is 6.00. The highest BCUT2D eigenvalue weighted by Crippen LogP contribution is 2.38. The van der Waals surface area contributed by atoms with E-state index in [1.807, 2.05) is 0 Å². The first-order valence-electron chi connectivity index (χ1n) is 10.2. The minimum Gasteiger partial charge on any atom is -0.354 e. The molecule has 0 spiro atoms. The lowest BCUT2D eigenvalue weighted by Gasteiger charge is -2.29. The van der Waals surface area contributed by atoms with Crippen molar-refractivity contribution in [3.63, 3.8) is 0 Å². The zero-order chi connectivity index (χ0) is 19.1. The molecule has 0 saturated carbocycles. The lowest BCUT2D eigenvalue weighted by Crippen LogP contribution is -2.29. The molecular formula is C24H31N3. The number of benzene rings is 1. The summed E-state index contributed by atoms with van der Waals surface area (Å²) in [6.07, 6.45) is 2.53. The molecular weight excluding hydrogens is 330 g/mol. The lowest BCUT2D eigenvalue weighted by atomic mass is 9.87. The van der Waals surface area contributed by atoms with Gasteiger partial charge in [0.1, 0.15) is 0 Å². The zero-order valence-electron chi connectivity index (χ0n) is 17.3. The molecule has 3 aromatic rings. The van der Waals surface area contributed by atoms with Crippen LogP contribution in [0.1, 0.15) is 61.0 Å². The molecule has 142 valence electrons. The summed E-state index contributed by atoms with van der Waals surface area (Å²) >= 11 is 0. The highest BCUT2D eigenvalue weighted by molar-refractivity contribution is 5.92. The Labute approximate surface area is 162 Å². The number of likely N-dealkylation sites (tertiary alicyclic amines) is 1. The SMILES string of the molecule is Cc1cc(-c2[nH]c3ccc(C4CCN(C)CC4)cc3c2C(C)C)cc(C)n1. The van der Waals surface area contributed by atoms with E-state index in [0.717, 1.165) is 11.4 Å². The maximum atomic E-state index is 4.55. The van der Waals surface area contributed by atoms with Crippen molar-refractivity contribution < 1.29 is 0 Å². The van der Waals surface area contributed by atoms with Gasteiger partial charge in [-0.05, 0) is 94.1 Å². The van der Waals surface area contributed by atoms with Crippen LogP contribution in [0.3, 0.4) is 0 Å². The molecule has 1 aliphatic heterocycles. The summed E-state index contributed by atoms with van der Waals surface area (Å²) in [4.78, 5) is 10.7. The fraction of sp³-hybridized carbons (Fsp3) is 0.458. The second-order valence-electron chi connectivity index (χ2n) is 8.59. The molecule has 0 amide bonds. The predicted molar refractivity (Wildman–Crippen MR) is 115 cm³/mol. The van der Waals surface area contributed by atoms with Crippen molar-refractivity contribution in [2.75, 3.05) is 20.1 Å². The number of fused-ring (bicyclic) bond motifs is 1. The second-order valence-corrected chi connectivity index (χ2v) is 8.59. The van der Waals surface area contributed by atoms with Gasteiger partial charge < -0.3 is 9.88 Å². The van der Waals surface area contributed by atoms with Crippen LogP contribution in [-0.2, 0) is 0 Å². The van der Waals surface area contributed by atoms with Gasteiger partial charge in [-0.3, -0.25) is 4.98 Å². The van der Waals surface area contributed by atoms with Crippen molar-refractivity contribution in [1.82, 2.24) is 14.9 Å². The minimum absolute atomic E-state index is 0.468. The smallest absolute Gasteiger partial charge is 0.0501 e. The van der Waals surface area contributed by atoms with E-state index in [1.165, 1.54) is 59.2 Å². The number of piperidine rings is 1. The van der Waals surface area contributed by atoms with Gasteiger partial charge in [-0.25, -0.2) is 0 Å². The Morgan fingerprint density at radius 2 is 1.70 bits per heavy atom. The molecule has 2 aromatic heterocycles. The van der Waals surface area contributed by atoms with Gasteiger partial charge in [-0.1, -0.05) is 19.9 Å². The van der Waals surface area contributed by atoms with Crippen molar-refractivity contribution in [1.29, 1.82) is 0 Å². The molecule has 0 aliphatic carbocycles. The van der Waals surface area contributed by atoms with Crippen LogP contribution in [0, 0.1) is 13.8 Å². The van der Waals surface area contributed by atoms with Crippen molar-refractivity contribution >= 4 is 10.9 Å². The van der Waals surface area contributed by atoms with Gasteiger partial charge in [0.25, 0.3) is 0 Å². The van der Waals surface area contributed by atoms with Crippen LogP contribution in [-0.4, -0.2) is 35.0 Å².